The van der Waals surface area contributed by atoms with Gasteiger partial charge in [0, 0.05) is 11.1 Å². The van der Waals surface area contributed by atoms with Crippen molar-refractivity contribution in [3.63, 3.8) is 0 Å². The number of fused-ring (bicyclic) bond motifs is 3. The largest absolute Gasteiger partial charge is 0.205 e. The topological polar surface area (TPSA) is 0 Å². The van der Waals surface area contributed by atoms with Crippen molar-refractivity contribution in [2.75, 3.05) is 0 Å². The maximum absolute atomic E-state index is 13.6. The van der Waals surface area contributed by atoms with Gasteiger partial charge in [-0.3, -0.25) is 0 Å². The minimum Gasteiger partial charge on any atom is -0.205 e. The third-order valence-corrected chi connectivity index (χ3v) is 5.88. The van der Waals surface area contributed by atoms with Crippen LogP contribution in [0.1, 0.15) is 54.0 Å². The van der Waals surface area contributed by atoms with E-state index in [4.69, 9.17) is 11.6 Å². The first-order chi connectivity index (χ1) is 14.1. The van der Waals surface area contributed by atoms with E-state index in [1.54, 1.807) is 12.1 Å². The molecule has 0 aliphatic heterocycles. The molecule has 0 bridgehead atoms. The second kappa shape index (κ2) is 8.85. The summed E-state index contributed by atoms with van der Waals surface area (Å²) in [5, 5.41) is 0.122. The van der Waals surface area contributed by atoms with Gasteiger partial charge in [0.25, 0.3) is 0 Å². The number of hydrogen-bond donors (Lipinski definition) is 0. The summed E-state index contributed by atoms with van der Waals surface area (Å²) in [6, 6.07) is 18.0. The van der Waals surface area contributed by atoms with Crippen LogP contribution in [0.2, 0.25) is 5.02 Å². The molecule has 0 amide bonds. The van der Waals surface area contributed by atoms with E-state index in [1.807, 2.05) is 0 Å². The zero-order valence-electron chi connectivity index (χ0n) is 16.7. The zero-order chi connectivity index (χ0) is 20.2. The predicted octanol–water partition coefficient (Wildman–Crippen LogP) is 7.38. The van der Waals surface area contributed by atoms with E-state index in [2.05, 4.69) is 55.2 Å². The molecule has 0 radical (unpaired) electrons. The third kappa shape index (κ3) is 4.55. The maximum Gasteiger partial charge on any atom is 0.143 e. The van der Waals surface area contributed by atoms with Gasteiger partial charge in [-0.05, 0) is 83.8 Å². The lowest BCUT2D eigenvalue weighted by Gasteiger charge is -2.21. The van der Waals surface area contributed by atoms with Crippen LogP contribution >= 0.6 is 11.6 Å². The average molecular weight is 403 g/mol. The summed E-state index contributed by atoms with van der Waals surface area (Å²) in [6.07, 6.45) is 7.11. The van der Waals surface area contributed by atoms with Crippen LogP contribution in [0.5, 0.6) is 0 Å². The predicted molar refractivity (Wildman–Crippen MR) is 120 cm³/mol. The lowest BCUT2D eigenvalue weighted by molar-refractivity contribution is 0.628. The first-order valence-electron chi connectivity index (χ1n) is 10.4. The molecule has 0 saturated heterocycles. The van der Waals surface area contributed by atoms with E-state index in [1.165, 1.54) is 59.6 Å². The molecule has 2 heteroatoms. The summed E-state index contributed by atoms with van der Waals surface area (Å²) >= 11 is 5.74. The van der Waals surface area contributed by atoms with Gasteiger partial charge in [0.1, 0.15) is 5.82 Å². The molecule has 146 valence electrons. The van der Waals surface area contributed by atoms with Gasteiger partial charge >= 0.3 is 0 Å². The summed E-state index contributed by atoms with van der Waals surface area (Å²) in [6.45, 7) is 2.25. The SMILES string of the molecule is CCCCCc1ccc2c(c1)CCc1cc(C#Cc3ccc(Cl)c(F)c3)ccc1-2. The van der Waals surface area contributed by atoms with Crippen LogP contribution in [0.3, 0.4) is 0 Å². The van der Waals surface area contributed by atoms with Gasteiger partial charge in [-0.15, -0.1) is 0 Å². The van der Waals surface area contributed by atoms with Crippen molar-refractivity contribution in [3.8, 4) is 23.0 Å². The molecule has 0 spiro atoms. The first kappa shape index (κ1) is 19.7. The Balaban J connectivity index is 1.56. The summed E-state index contributed by atoms with van der Waals surface area (Å²) in [7, 11) is 0. The van der Waals surface area contributed by atoms with Crippen molar-refractivity contribution >= 4 is 11.6 Å². The second-order valence-corrected chi connectivity index (χ2v) is 8.11. The standard InChI is InChI=1S/C27H24ClF/c1-2-3-4-5-19-8-13-24-22(16-19)11-12-23-17-20(9-14-25(23)24)6-7-21-10-15-26(28)27(29)18-21/h8-10,13-18H,2-5,11-12H2,1H3. The zero-order valence-corrected chi connectivity index (χ0v) is 17.5. The molecular weight excluding hydrogens is 379 g/mol. The minimum atomic E-state index is -0.436. The number of aryl methyl sites for hydroxylation is 3. The molecule has 0 atom stereocenters. The Hall–Kier alpha value is -2.56. The molecule has 0 fully saturated rings. The summed E-state index contributed by atoms with van der Waals surface area (Å²) in [5.41, 5.74) is 8.51. The number of benzene rings is 3. The van der Waals surface area contributed by atoms with Crippen molar-refractivity contribution in [2.24, 2.45) is 0 Å². The van der Waals surface area contributed by atoms with Crippen molar-refractivity contribution < 1.29 is 4.39 Å². The van der Waals surface area contributed by atoms with Gasteiger partial charge in [-0.2, -0.15) is 0 Å². The van der Waals surface area contributed by atoms with Crippen LogP contribution < -0.4 is 0 Å². The highest BCUT2D eigenvalue weighted by atomic mass is 35.5. The van der Waals surface area contributed by atoms with E-state index in [-0.39, 0.29) is 5.02 Å². The normalized spacial score (nSPS) is 12.0. The highest BCUT2D eigenvalue weighted by molar-refractivity contribution is 6.30. The van der Waals surface area contributed by atoms with Crippen molar-refractivity contribution in [2.45, 2.75) is 45.4 Å². The van der Waals surface area contributed by atoms with Crippen LogP contribution in [-0.2, 0) is 19.3 Å². The molecule has 3 aromatic carbocycles. The fourth-order valence-corrected chi connectivity index (χ4v) is 4.10. The van der Waals surface area contributed by atoms with Crippen molar-refractivity contribution in [1.29, 1.82) is 0 Å². The molecule has 0 aromatic heterocycles. The molecule has 3 aromatic rings. The van der Waals surface area contributed by atoms with Crippen LogP contribution in [-0.4, -0.2) is 0 Å². The molecule has 1 aliphatic carbocycles. The lowest BCUT2D eigenvalue weighted by atomic mass is 9.83. The van der Waals surface area contributed by atoms with Crippen LogP contribution in [0, 0.1) is 17.7 Å². The summed E-state index contributed by atoms with van der Waals surface area (Å²) in [4.78, 5) is 0. The van der Waals surface area contributed by atoms with E-state index in [9.17, 15) is 4.39 Å². The van der Waals surface area contributed by atoms with Gasteiger partial charge in [0.05, 0.1) is 5.02 Å². The molecule has 4 rings (SSSR count). The number of rotatable bonds is 4. The van der Waals surface area contributed by atoms with E-state index in [0.717, 1.165) is 18.4 Å². The molecule has 0 nitrogen and oxygen atoms in total. The molecule has 0 unspecified atom stereocenters. The highest BCUT2D eigenvalue weighted by Crippen LogP contribution is 2.34. The Kier molecular flexibility index (Phi) is 6.02. The van der Waals surface area contributed by atoms with Crippen molar-refractivity contribution in [3.05, 3.63) is 93.3 Å². The molecule has 0 heterocycles. The molecular formula is C27H24ClF. The fraction of sp³-hybridized carbons (Fsp3) is 0.259. The second-order valence-electron chi connectivity index (χ2n) is 7.70. The monoisotopic (exact) mass is 402 g/mol. The highest BCUT2D eigenvalue weighted by Gasteiger charge is 2.16. The number of hydrogen-bond acceptors (Lipinski definition) is 0. The Morgan fingerprint density at radius 3 is 2.21 bits per heavy atom. The Labute approximate surface area is 177 Å². The van der Waals surface area contributed by atoms with Crippen LogP contribution in [0.15, 0.2) is 54.6 Å². The molecule has 0 N–H and O–H groups in total. The average Bonchev–Trinajstić information content (AvgIpc) is 2.74. The van der Waals surface area contributed by atoms with Gasteiger partial charge < -0.3 is 0 Å². The summed E-state index contributed by atoms with van der Waals surface area (Å²) < 4.78 is 13.6. The number of halogens is 2. The van der Waals surface area contributed by atoms with Gasteiger partial charge in [0.15, 0.2) is 0 Å². The van der Waals surface area contributed by atoms with Gasteiger partial charge in [-0.25, -0.2) is 4.39 Å². The van der Waals surface area contributed by atoms with Crippen LogP contribution in [0.4, 0.5) is 4.39 Å². The number of unbranched alkanes of at least 4 members (excludes halogenated alkanes) is 2. The van der Waals surface area contributed by atoms with E-state index >= 15 is 0 Å². The summed E-state index contributed by atoms with van der Waals surface area (Å²) in [5.74, 6) is 5.76. The Bertz CT molecular complexity index is 1100. The fourth-order valence-electron chi connectivity index (χ4n) is 3.98. The lowest BCUT2D eigenvalue weighted by Crippen LogP contribution is -2.05. The van der Waals surface area contributed by atoms with Crippen LogP contribution in [0.25, 0.3) is 11.1 Å². The Morgan fingerprint density at radius 2 is 1.48 bits per heavy atom. The smallest absolute Gasteiger partial charge is 0.143 e. The maximum atomic E-state index is 13.6. The quantitative estimate of drug-likeness (QED) is 0.315. The molecule has 29 heavy (non-hydrogen) atoms. The van der Waals surface area contributed by atoms with Gasteiger partial charge in [-0.1, -0.05) is 67.5 Å². The van der Waals surface area contributed by atoms with E-state index in [0.29, 0.717) is 5.56 Å². The first-order valence-corrected chi connectivity index (χ1v) is 10.7. The minimum absolute atomic E-state index is 0.122. The Morgan fingerprint density at radius 1 is 0.828 bits per heavy atom. The van der Waals surface area contributed by atoms with E-state index < -0.39 is 5.82 Å². The molecule has 1 aliphatic rings. The third-order valence-electron chi connectivity index (χ3n) is 5.57. The van der Waals surface area contributed by atoms with Gasteiger partial charge in [0.2, 0.25) is 0 Å². The molecule has 0 saturated carbocycles. The van der Waals surface area contributed by atoms with Crippen molar-refractivity contribution in [1.82, 2.24) is 0 Å².